The van der Waals surface area contributed by atoms with Crippen molar-refractivity contribution in [2.45, 2.75) is 0 Å². The standard InChI is InChI=1S/C2H8N4O4/c3-9-1-5(2-10-4)6(7)8/h1-4H2. The van der Waals surface area contributed by atoms with E-state index in [-0.39, 0.29) is 13.5 Å². The molecule has 0 radical (unpaired) electrons. The number of hydrazine groups is 1. The second-order valence-electron chi connectivity index (χ2n) is 1.34. The van der Waals surface area contributed by atoms with E-state index >= 15 is 0 Å². The SMILES string of the molecule is NOCN(CON)[N+](=O)[O-]. The van der Waals surface area contributed by atoms with Crippen LogP contribution in [0.15, 0.2) is 0 Å². The van der Waals surface area contributed by atoms with Gasteiger partial charge in [0.2, 0.25) is 0 Å². The van der Waals surface area contributed by atoms with Gasteiger partial charge < -0.3 is 0 Å². The number of nitro groups is 1. The maximum Gasteiger partial charge on any atom is 0.199 e. The molecule has 60 valence electrons. The number of nitrogens with two attached hydrogens (primary N) is 2. The average Bonchev–Trinajstić information content (AvgIpc) is 1.87. The molecule has 0 atom stereocenters. The fourth-order valence-electron chi connectivity index (χ4n) is 0.304. The molecular weight excluding hydrogens is 144 g/mol. The first-order valence-electron chi connectivity index (χ1n) is 2.25. The largest absolute Gasteiger partial charge is 0.277 e. The molecule has 10 heavy (non-hydrogen) atoms. The van der Waals surface area contributed by atoms with Gasteiger partial charge in [0.15, 0.2) is 18.5 Å². The summed E-state index contributed by atoms with van der Waals surface area (Å²) in [4.78, 5) is 17.9. The molecule has 4 N–H and O–H groups in total. The smallest absolute Gasteiger partial charge is 0.199 e. The molecule has 0 aliphatic rings. The summed E-state index contributed by atoms with van der Waals surface area (Å²) in [5.41, 5.74) is 0. The molecule has 0 saturated heterocycles. The lowest BCUT2D eigenvalue weighted by atomic mass is 11.0. The highest BCUT2D eigenvalue weighted by atomic mass is 16.7. The van der Waals surface area contributed by atoms with Crippen LogP contribution in [0, 0.1) is 10.1 Å². The highest BCUT2D eigenvalue weighted by molar-refractivity contribution is 4.20. The first kappa shape index (κ1) is 9.04. The number of hydrogen-bond donors (Lipinski definition) is 2. The van der Waals surface area contributed by atoms with Gasteiger partial charge in [-0.3, -0.25) is 9.68 Å². The molecule has 0 aliphatic heterocycles. The van der Waals surface area contributed by atoms with Crippen molar-refractivity contribution in [3.05, 3.63) is 10.1 Å². The van der Waals surface area contributed by atoms with Crippen LogP contribution in [0.3, 0.4) is 0 Å². The number of rotatable bonds is 5. The summed E-state index contributed by atoms with van der Waals surface area (Å²) in [6.45, 7) is -0.742. The van der Waals surface area contributed by atoms with Gasteiger partial charge in [-0.2, -0.15) is 0 Å². The van der Waals surface area contributed by atoms with Crippen LogP contribution in [0.1, 0.15) is 0 Å². The van der Waals surface area contributed by atoms with Crippen LogP contribution in [-0.4, -0.2) is 23.5 Å². The monoisotopic (exact) mass is 152 g/mol. The molecule has 0 spiro atoms. The van der Waals surface area contributed by atoms with Crippen LogP contribution < -0.4 is 11.8 Å². The summed E-state index contributed by atoms with van der Waals surface area (Å²) in [7, 11) is 0. The Bertz CT molecular complexity index is 101. The summed E-state index contributed by atoms with van der Waals surface area (Å²) in [5, 5.41) is 9.76. The van der Waals surface area contributed by atoms with Crippen molar-refractivity contribution in [2.75, 3.05) is 13.5 Å². The van der Waals surface area contributed by atoms with E-state index in [1.54, 1.807) is 0 Å². The van der Waals surface area contributed by atoms with Gasteiger partial charge in [-0.25, -0.2) is 21.9 Å². The fourth-order valence-corrected chi connectivity index (χ4v) is 0.304. The van der Waals surface area contributed by atoms with Gasteiger partial charge in [0, 0.05) is 0 Å². The Labute approximate surface area is 56.3 Å². The lowest BCUT2D eigenvalue weighted by Crippen LogP contribution is -2.36. The third-order valence-electron chi connectivity index (χ3n) is 0.678. The van der Waals surface area contributed by atoms with Gasteiger partial charge in [-0.05, 0) is 0 Å². The molecule has 8 nitrogen and oxygen atoms in total. The molecule has 0 aromatic carbocycles. The summed E-state index contributed by atoms with van der Waals surface area (Å²) in [6, 6.07) is 0. The van der Waals surface area contributed by atoms with Crippen LogP contribution in [0.2, 0.25) is 0 Å². The van der Waals surface area contributed by atoms with Crippen molar-refractivity contribution in [3.63, 3.8) is 0 Å². The highest BCUT2D eigenvalue weighted by Crippen LogP contribution is 1.85. The van der Waals surface area contributed by atoms with Crippen LogP contribution in [0.5, 0.6) is 0 Å². The topological polar surface area (TPSA) is 117 Å². The minimum atomic E-state index is -0.736. The van der Waals surface area contributed by atoms with Gasteiger partial charge in [0.1, 0.15) is 0 Å². The van der Waals surface area contributed by atoms with Crippen molar-refractivity contribution < 1.29 is 14.7 Å². The maximum atomic E-state index is 9.94. The van der Waals surface area contributed by atoms with E-state index in [0.717, 1.165) is 0 Å². The molecule has 0 unspecified atom stereocenters. The minimum Gasteiger partial charge on any atom is -0.277 e. The van der Waals surface area contributed by atoms with E-state index in [1.165, 1.54) is 0 Å². The highest BCUT2D eigenvalue weighted by Gasteiger charge is 2.12. The van der Waals surface area contributed by atoms with Crippen molar-refractivity contribution >= 4 is 0 Å². The van der Waals surface area contributed by atoms with Crippen molar-refractivity contribution in [1.82, 2.24) is 5.01 Å². The molecular formula is C2H8N4O4. The molecule has 8 heteroatoms. The zero-order valence-corrected chi connectivity index (χ0v) is 5.10. The molecule has 0 rings (SSSR count). The van der Waals surface area contributed by atoms with Gasteiger partial charge >= 0.3 is 0 Å². The summed E-state index contributed by atoms with van der Waals surface area (Å²) >= 11 is 0. The Morgan fingerprint density at radius 3 is 2.00 bits per heavy atom. The molecule has 0 heterocycles. The fraction of sp³-hybridized carbons (Fsp3) is 1.00. The van der Waals surface area contributed by atoms with E-state index in [1.807, 2.05) is 0 Å². The van der Waals surface area contributed by atoms with E-state index in [4.69, 9.17) is 0 Å². The summed E-state index contributed by atoms with van der Waals surface area (Å²) < 4.78 is 0. The van der Waals surface area contributed by atoms with Crippen molar-refractivity contribution in [1.29, 1.82) is 0 Å². The predicted octanol–water partition coefficient (Wildman–Crippen LogP) is -1.82. The second kappa shape index (κ2) is 4.88. The van der Waals surface area contributed by atoms with Gasteiger partial charge in [-0.15, -0.1) is 0 Å². The van der Waals surface area contributed by atoms with Crippen LogP contribution in [0.25, 0.3) is 0 Å². The number of nitrogens with zero attached hydrogens (tertiary/aromatic N) is 2. The maximum absolute atomic E-state index is 9.94. The summed E-state index contributed by atoms with van der Waals surface area (Å²) in [6.07, 6.45) is 0. The van der Waals surface area contributed by atoms with Crippen LogP contribution >= 0.6 is 0 Å². The Kier molecular flexibility index (Phi) is 4.41. The molecule has 0 bridgehead atoms. The Balaban J connectivity index is 3.61. The second-order valence-corrected chi connectivity index (χ2v) is 1.34. The van der Waals surface area contributed by atoms with E-state index in [2.05, 4.69) is 21.5 Å². The van der Waals surface area contributed by atoms with E-state index in [9.17, 15) is 10.1 Å². The molecule has 0 fully saturated rings. The van der Waals surface area contributed by atoms with Crippen molar-refractivity contribution in [3.8, 4) is 0 Å². The quantitative estimate of drug-likeness (QED) is 0.270. The van der Waals surface area contributed by atoms with Crippen LogP contribution in [0.4, 0.5) is 0 Å². The first-order valence-corrected chi connectivity index (χ1v) is 2.25. The predicted molar refractivity (Wildman–Crippen MR) is 29.1 cm³/mol. The van der Waals surface area contributed by atoms with Crippen molar-refractivity contribution in [2.24, 2.45) is 11.8 Å². The third-order valence-corrected chi connectivity index (χ3v) is 0.678. The van der Waals surface area contributed by atoms with Gasteiger partial charge in [-0.1, -0.05) is 5.01 Å². The lowest BCUT2D eigenvalue weighted by molar-refractivity contribution is -0.673. The molecule has 0 aromatic rings. The zero-order valence-electron chi connectivity index (χ0n) is 5.10. The van der Waals surface area contributed by atoms with E-state index < -0.39 is 5.03 Å². The first-order chi connectivity index (χ1) is 4.72. The van der Waals surface area contributed by atoms with Gasteiger partial charge in [0.25, 0.3) is 0 Å². The zero-order chi connectivity index (χ0) is 7.98. The van der Waals surface area contributed by atoms with Crippen LogP contribution in [-0.2, 0) is 9.68 Å². The average molecular weight is 152 g/mol. The molecule has 0 aromatic heterocycles. The Morgan fingerprint density at radius 1 is 1.40 bits per heavy atom. The van der Waals surface area contributed by atoms with E-state index in [0.29, 0.717) is 5.01 Å². The molecule has 0 aliphatic carbocycles. The normalized spacial score (nSPS) is 9.40. The summed E-state index contributed by atoms with van der Waals surface area (Å²) in [5.74, 6) is 9.11. The molecule has 0 saturated carbocycles. The Hall–Kier alpha value is -0.960. The number of hydrogen-bond acceptors (Lipinski definition) is 6. The molecule has 0 amide bonds. The Morgan fingerprint density at radius 2 is 1.80 bits per heavy atom. The van der Waals surface area contributed by atoms with Gasteiger partial charge in [0.05, 0.1) is 0 Å². The lowest BCUT2D eigenvalue weighted by Gasteiger charge is -2.09. The third kappa shape index (κ3) is 3.14. The minimum absolute atomic E-state index is 0.371.